The van der Waals surface area contributed by atoms with Crippen LogP contribution in [-0.2, 0) is 4.74 Å². The summed E-state index contributed by atoms with van der Waals surface area (Å²) >= 11 is 4.58. The first-order valence-corrected chi connectivity index (χ1v) is 6.27. The number of halogens is 1. The second-order valence-corrected chi connectivity index (χ2v) is 5.26. The Hall–Kier alpha value is -0.920. The molecule has 5 nitrogen and oxygen atoms in total. The van der Waals surface area contributed by atoms with Crippen molar-refractivity contribution < 1.29 is 9.47 Å². The van der Waals surface area contributed by atoms with Gasteiger partial charge in [0.2, 0.25) is 0 Å². The van der Waals surface area contributed by atoms with Gasteiger partial charge in [-0.3, -0.25) is 4.79 Å². The Balaban J connectivity index is 1.98. The number of pyridine rings is 1. The Bertz CT molecular complexity index is 590. The van der Waals surface area contributed by atoms with Crippen molar-refractivity contribution in [3.05, 3.63) is 20.9 Å². The van der Waals surface area contributed by atoms with Gasteiger partial charge in [0.15, 0.2) is 5.65 Å². The zero-order valence-corrected chi connectivity index (χ0v) is 10.4. The van der Waals surface area contributed by atoms with Crippen LogP contribution in [0.25, 0.3) is 10.3 Å². The SMILES string of the molecule is O=c1[nH]c2nc(OC3COC3)sc2cc1Br. The highest BCUT2D eigenvalue weighted by molar-refractivity contribution is 9.10. The van der Waals surface area contributed by atoms with E-state index < -0.39 is 0 Å². The third-order valence-corrected chi connectivity index (χ3v) is 3.70. The molecule has 7 heteroatoms. The number of H-pyrrole nitrogens is 1. The summed E-state index contributed by atoms with van der Waals surface area (Å²) in [5.41, 5.74) is 0.379. The number of thiazole rings is 1. The number of hydrogen-bond donors (Lipinski definition) is 1. The summed E-state index contributed by atoms with van der Waals surface area (Å²) in [6, 6.07) is 1.75. The number of nitrogens with one attached hydrogen (secondary N) is 1. The summed E-state index contributed by atoms with van der Waals surface area (Å²) in [5, 5.41) is 0.567. The van der Waals surface area contributed by atoms with E-state index >= 15 is 0 Å². The number of ether oxygens (including phenoxy) is 2. The molecule has 0 unspecified atom stereocenters. The number of aromatic nitrogens is 2. The fraction of sp³-hybridized carbons (Fsp3) is 0.333. The third-order valence-electron chi connectivity index (χ3n) is 2.22. The van der Waals surface area contributed by atoms with Gasteiger partial charge in [0.1, 0.15) is 6.10 Å². The van der Waals surface area contributed by atoms with E-state index in [4.69, 9.17) is 9.47 Å². The molecule has 2 aromatic heterocycles. The molecule has 1 saturated heterocycles. The van der Waals surface area contributed by atoms with Crippen molar-refractivity contribution in [2.45, 2.75) is 6.10 Å². The third kappa shape index (κ3) is 1.74. The Morgan fingerprint density at radius 3 is 3.12 bits per heavy atom. The maximum absolute atomic E-state index is 11.3. The van der Waals surface area contributed by atoms with Crippen LogP contribution in [0.4, 0.5) is 0 Å². The lowest BCUT2D eigenvalue weighted by Crippen LogP contribution is -2.38. The van der Waals surface area contributed by atoms with E-state index in [1.807, 2.05) is 0 Å². The van der Waals surface area contributed by atoms with Crippen molar-refractivity contribution in [3.8, 4) is 5.19 Å². The van der Waals surface area contributed by atoms with E-state index in [0.29, 0.717) is 28.5 Å². The molecule has 0 aromatic carbocycles. The highest BCUT2D eigenvalue weighted by Gasteiger charge is 2.21. The van der Waals surface area contributed by atoms with E-state index in [1.54, 1.807) is 6.07 Å². The molecule has 0 aliphatic carbocycles. The van der Waals surface area contributed by atoms with Crippen LogP contribution in [0.15, 0.2) is 15.3 Å². The molecule has 0 bridgehead atoms. The summed E-state index contributed by atoms with van der Waals surface area (Å²) in [5.74, 6) is 0. The van der Waals surface area contributed by atoms with E-state index in [-0.39, 0.29) is 11.7 Å². The molecular formula is C9H7BrN2O3S. The first-order valence-electron chi connectivity index (χ1n) is 4.66. The topological polar surface area (TPSA) is 64.2 Å². The molecule has 2 aromatic rings. The minimum absolute atomic E-state index is 0.0933. The van der Waals surface area contributed by atoms with Gasteiger partial charge in [-0.25, -0.2) is 0 Å². The summed E-state index contributed by atoms with van der Waals surface area (Å²) in [6.45, 7) is 1.21. The van der Waals surface area contributed by atoms with E-state index in [9.17, 15) is 4.79 Å². The molecule has 0 saturated carbocycles. The zero-order chi connectivity index (χ0) is 11.1. The molecule has 0 spiro atoms. The van der Waals surface area contributed by atoms with Crippen molar-refractivity contribution in [1.82, 2.24) is 9.97 Å². The van der Waals surface area contributed by atoms with E-state index in [0.717, 1.165) is 4.70 Å². The normalized spacial score (nSPS) is 16.3. The number of nitrogens with zero attached hydrogens (tertiary/aromatic N) is 1. The fourth-order valence-electron chi connectivity index (χ4n) is 1.32. The predicted octanol–water partition coefficient (Wildman–Crippen LogP) is 1.52. The van der Waals surface area contributed by atoms with Gasteiger partial charge in [0, 0.05) is 0 Å². The molecule has 3 heterocycles. The van der Waals surface area contributed by atoms with Crippen molar-refractivity contribution >= 4 is 37.6 Å². The lowest BCUT2D eigenvalue weighted by Gasteiger charge is -2.24. The summed E-state index contributed by atoms with van der Waals surface area (Å²) < 4.78 is 12.0. The quantitative estimate of drug-likeness (QED) is 0.913. The van der Waals surface area contributed by atoms with Crippen LogP contribution in [0, 0.1) is 0 Å². The summed E-state index contributed by atoms with van der Waals surface area (Å²) in [6.07, 6.45) is 0.0933. The van der Waals surface area contributed by atoms with Crippen molar-refractivity contribution in [2.24, 2.45) is 0 Å². The predicted molar refractivity (Wildman–Crippen MR) is 63.2 cm³/mol. The summed E-state index contributed by atoms with van der Waals surface area (Å²) in [4.78, 5) is 18.2. The lowest BCUT2D eigenvalue weighted by molar-refractivity contribution is -0.0796. The highest BCUT2D eigenvalue weighted by Crippen LogP contribution is 2.28. The highest BCUT2D eigenvalue weighted by atomic mass is 79.9. The molecule has 0 amide bonds. The van der Waals surface area contributed by atoms with Gasteiger partial charge in [-0.15, -0.1) is 0 Å². The number of hydrogen-bond acceptors (Lipinski definition) is 5. The molecule has 1 aliphatic rings. The smallest absolute Gasteiger partial charge is 0.276 e. The van der Waals surface area contributed by atoms with Crippen LogP contribution >= 0.6 is 27.3 Å². The first-order chi connectivity index (χ1) is 7.72. The van der Waals surface area contributed by atoms with Crippen LogP contribution in [-0.4, -0.2) is 29.3 Å². The second kappa shape index (κ2) is 3.83. The average molecular weight is 303 g/mol. The Morgan fingerprint density at radius 2 is 2.44 bits per heavy atom. The van der Waals surface area contributed by atoms with Gasteiger partial charge in [-0.2, -0.15) is 4.98 Å². The zero-order valence-electron chi connectivity index (χ0n) is 8.03. The van der Waals surface area contributed by atoms with Crippen LogP contribution in [0.3, 0.4) is 0 Å². The molecule has 1 N–H and O–H groups in total. The van der Waals surface area contributed by atoms with Crippen molar-refractivity contribution in [2.75, 3.05) is 13.2 Å². The average Bonchev–Trinajstić information content (AvgIpc) is 2.54. The fourth-order valence-corrected chi connectivity index (χ4v) is 2.68. The molecule has 16 heavy (non-hydrogen) atoms. The molecule has 84 valence electrons. The van der Waals surface area contributed by atoms with Gasteiger partial charge < -0.3 is 14.5 Å². The number of aromatic amines is 1. The van der Waals surface area contributed by atoms with Crippen LogP contribution in [0.5, 0.6) is 5.19 Å². The standard InChI is InChI=1S/C9H7BrN2O3S/c10-5-1-6-7(11-8(5)13)12-9(16-6)15-4-2-14-3-4/h1,4H,2-3H2,(H,11,13). The molecule has 0 atom stereocenters. The van der Waals surface area contributed by atoms with Gasteiger partial charge in [0.05, 0.1) is 22.4 Å². The number of fused-ring (bicyclic) bond motifs is 1. The Morgan fingerprint density at radius 1 is 1.62 bits per heavy atom. The van der Waals surface area contributed by atoms with Crippen LogP contribution < -0.4 is 10.3 Å². The lowest BCUT2D eigenvalue weighted by atomic mass is 10.3. The van der Waals surface area contributed by atoms with Gasteiger partial charge in [-0.05, 0) is 22.0 Å². The maximum atomic E-state index is 11.3. The Kier molecular flexibility index (Phi) is 2.45. The molecule has 0 radical (unpaired) electrons. The number of rotatable bonds is 2. The minimum atomic E-state index is -0.184. The van der Waals surface area contributed by atoms with Gasteiger partial charge >= 0.3 is 0 Å². The second-order valence-electron chi connectivity index (χ2n) is 3.42. The minimum Gasteiger partial charge on any atom is -0.462 e. The van der Waals surface area contributed by atoms with Crippen molar-refractivity contribution in [1.29, 1.82) is 0 Å². The van der Waals surface area contributed by atoms with Crippen molar-refractivity contribution in [3.63, 3.8) is 0 Å². The maximum Gasteiger partial charge on any atom is 0.276 e. The molecule has 1 fully saturated rings. The van der Waals surface area contributed by atoms with Gasteiger partial charge in [-0.1, -0.05) is 11.3 Å². The monoisotopic (exact) mass is 302 g/mol. The van der Waals surface area contributed by atoms with E-state index in [1.165, 1.54) is 11.3 Å². The molecule has 3 rings (SSSR count). The Labute approximate surface area is 103 Å². The summed E-state index contributed by atoms with van der Waals surface area (Å²) in [7, 11) is 0. The van der Waals surface area contributed by atoms with Crippen LogP contribution in [0.2, 0.25) is 0 Å². The largest absolute Gasteiger partial charge is 0.462 e. The molecular weight excluding hydrogens is 296 g/mol. The first kappa shape index (κ1) is 10.2. The van der Waals surface area contributed by atoms with Crippen LogP contribution in [0.1, 0.15) is 0 Å². The van der Waals surface area contributed by atoms with E-state index in [2.05, 4.69) is 25.9 Å². The van der Waals surface area contributed by atoms with Gasteiger partial charge in [0.25, 0.3) is 10.8 Å². The molecule has 1 aliphatic heterocycles.